The van der Waals surface area contributed by atoms with E-state index in [2.05, 4.69) is 11.9 Å². The first-order valence-electron chi connectivity index (χ1n) is 4.84. The topological polar surface area (TPSA) is 49.3 Å². The maximum atomic E-state index is 11.2. The zero-order valence-electron chi connectivity index (χ0n) is 8.63. The highest BCUT2D eigenvalue weighted by molar-refractivity contribution is 5.99. The number of hydrogen-bond acceptors (Lipinski definition) is 2. The van der Waals surface area contributed by atoms with Gasteiger partial charge in [0.25, 0.3) is 0 Å². The standard InChI is InChI=1S/C12H13NO2/c1-7-3-11-9(5-12(15)13-11)4-10(7)8(2)6-14/h3-4,14H,2,5-6H2,1H3,(H,13,15). The van der Waals surface area contributed by atoms with Crippen LogP contribution in [-0.2, 0) is 11.2 Å². The molecule has 1 aliphatic rings. The van der Waals surface area contributed by atoms with Gasteiger partial charge in [0.2, 0.25) is 5.91 Å². The van der Waals surface area contributed by atoms with Crippen molar-refractivity contribution in [1.29, 1.82) is 0 Å². The van der Waals surface area contributed by atoms with E-state index < -0.39 is 0 Å². The van der Waals surface area contributed by atoms with Crippen LogP contribution in [-0.4, -0.2) is 17.6 Å². The molecule has 1 heterocycles. The molecule has 3 nitrogen and oxygen atoms in total. The SMILES string of the molecule is C=C(CO)c1cc2c(cc1C)NC(=O)C2. The number of aliphatic hydroxyl groups is 1. The van der Waals surface area contributed by atoms with Crippen molar-refractivity contribution < 1.29 is 9.90 Å². The van der Waals surface area contributed by atoms with Crippen molar-refractivity contribution in [3.05, 3.63) is 35.4 Å². The Morgan fingerprint density at radius 2 is 2.33 bits per heavy atom. The molecule has 0 spiro atoms. The van der Waals surface area contributed by atoms with Gasteiger partial charge in [0, 0.05) is 5.69 Å². The van der Waals surface area contributed by atoms with Gasteiger partial charge in [0.15, 0.2) is 0 Å². The van der Waals surface area contributed by atoms with Crippen molar-refractivity contribution in [3.63, 3.8) is 0 Å². The number of nitrogens with one attached hydrogen (secondary N) is 1. The van der Waals surface area contributed by atoms with Gasteiger partial charge in [0.1, 0.15) is 0 Å². The van der Waals surface area contributed by atoms with Gasteiger partial charge in [-0.2, -0.15) is 0 Å². The molecule has 1 aliphatic heterocycles. The number of fused-ring (bicyclic) bond motifs is 1. The molecular weight excluding hydrogens is 190 g/mol. The summed E-state index contributed by atoms with van der Waals surface area (Å²) in [7, 11) is 0. The van der Waals surface area contributed by atoms with Crippen LogP contribution in [0.25, 0.3) is 5.57 Å². The molecule has 0 saturated carbocycles. The molecular formula is C12H13NO2. The number of anilines is 1. The van der Waals surface area contributed by atoms with E-state index >= 15 is 0 Å². The molecule has 0 atom stereocenters. The minimum atomic E-state index is -0.0546. The quantitative estimate of drug-likeness (QED) is 0.765. The third-order valence-electron chi connectivity index (χ3n) is 2.65. The molecule has 0 bridgehead atoms. The van der Waals surface area contributed by atoms with Crippen LogP contribution in [0.1, 0.15) is 16.7 Å². The van der Waals surface area contributed by atoms with Crippen LogP contribution in [0, 0.1) is 6.92 Å². The second-order valence-corrected chi connectivity index (χ2v) is 3.81. The molecule has 15 heavy (non-hydrogen) atoms. The Morgan fingerprint density at radius 1 is 1.60 bits per heavy atom. The number of benzene rings is 1. The van der Waals surface area contributed by atoms with Crippen LogP contribution in [0.3, 0.4) is 0 Å². The van der Waals surface area contributed by atoms with Gasteiger partial charge >= 0.3 is 0 Å². The Hall–Kier alpha value is -1.61. The molecule has 0 aliphatic carbocycles. The van der Waals surface area contributed by atoms with Gasteiger partial charge in [-0.25, -0.2) is 0 Å². The van der Waals surface area contributed by atoms with Crippen molar-refractivity contribution in [2.45, 2.75) is 13.3 Å². The van der Waals surface area contributed by atoms with Crippen molar-refractivity contribution >= 4 is 17.2 Å². The average molecular weight is 203 g/mol. The zero-order chi connectivity index (χ0) is 11.0. The number of rotatable bonds is 2. The van der Waals surface area contributed by atoms with Gasteiger partial charge in [-0.1, -0.05) is 6.58 Å². The lowest BCUT2D eigenvalue weighted by atomic mass is 9.98. The summed E-state index contributed by atoms with van der Waals surface area (Å²) in [6.45, 7) is 5.68. The van der Waals surface area contributed by atoms with Crippen LogP contribution < -0.4 is 5.32 Å². The van der Waals surface area contributed by atoms with Gasteiger partial charge < -0.3 is 10.4 Å². The summed E-state index contributed by atoms with van der Waals surface area (Å²) in [5, 5.41) is 11.8. The number of amides is 1. The maximum absolute atomic E-state index is 11.2. The fourth-order valence-electron chi connectivity index (χ4n) is 1.85. The number of carbonyl (C=O) groups excluding carboxylic acids is 1. The lowest BCUT2D eigenvalue weighted by Crippen LogP contribution is -2.03. The maximum Gasteiger partial charge on any atom is 0.228 e. The molecule has 78 valence electrons. The Kier molecular flexibility index (Phi) is 2.32. The van der Waals surface area contributed by atoms with Crippen molar-refractivity contribution in [3.8, 4) is 0 Å². The molecule has 1 amide bonds. The predicted octanol–water partition coefficient (Wildman–Crippen LogP) is 1.50. The third-order valence-corrected chi connectivity index (χ3v) is 2.65. The third kappa shape index (κ3) is 1.66. The fourth-order valence-corrected chi connectivity index (χ4v) is 1.85. The lowest BCUT2D eigenvalue weighted by Gasteiger charge is -2.09. The van der Waals surface area contributed by atoms with Crippen molar-refractivity contribution in [1.82, 2.24) is 0 Å². The number of hydrogen-bond donors (Lipinski definition) is 2. The summed E-state index contributed by atoms with van der Waals surface area (Å²) in [5.41, 5.74) is 4.51. The first-order chi connectivity index (χ1) is 7.11. The Labute approximate surface area is 88.4 Å². The molecule has 0 aromatic heterocycles. The fraction of sp³-hybridized carbons (Fsp3) is 0.250. The lowest BCUT2D eigenvalue weighted by molar-refractivity contribution is -0.115. The number of carbonyl (C=O) groups is 1. The Balaban J connectivity index is 2.48. The highest BCUT2D eigenvalue weighted by Gasteiger charge is 2.19. The summed E-state index contributed by atoms with van der Waals surface area (Å²) in [5.74, 6) is 0.0242. The van der Waals surface area contributed by atoms with Gasteiger partial charge in [-0.05, 0) is 41.3 Å². The molecule has 1 aromatic carbocycles. The van der Waals surface area contributed by atoms with Crippen LogP contribution in [0.15, 0.2) is 18.7 Å². The minimum absolute atomic E-state index is 0.0242. The van der Waals surface area contributed by atoms with Crippen molar-refractivity contribution in [2.75, 3.05) is 11.9 Å². The second kappa shape index (κ2) is 3.51. The summed E-state index contributed by atoms with van der Waals surface area (Å²) in [6, 6.07) is 3.86. The van der Waals surface area contributed by atoms with Crippen LogP contribution in [0.2, 0.25) is 0 Å². The van der Waals surface area contributed by atoms with Gasteiger partial charge in [-0.15, -0.1) is 0 Å². The van der Waals surface area contributed by atoms with Crippen LogP contribution >= 0.6 is 0 Å². The molecule has 0 fully saturated rings. The van der Waals surface area contributed by atoms with Crippen molar-refractivity contribution in [2.24, 2.45) is 0 Å². The first-order valence-corrected chi connectivity index (χ1v) is 4.84. The Morgan fingerprint density at radius 3 is 3.00 bits per heavy atom. The minimum Gasteiger partial charge on any atom is -0.392 e. The monoisotopic (exact) mass is 203 g/mol. The summed E-state index contributed by atoms with van der Waals surface area (Å²) in [6.07, 6.45) is 0.418. The highest BCUT2D eigenvalue weighted by Crippen LogP contribution is 2.29. The van der Waals surface area contributed by atoms with Gasteiger partial charge in [-0.3, -0.25) is 4.79 Å². The molecule has 0 unspecified atom stereocenters. The first kappa shape index (κ1) is 9.93. The average Bonchev–Trinajstić information content (AvgIpc) is 2.55. The van der Waals surface area contributed by atoms with Crippen LogP contribution in [0.5, 0.6) is 0 Å². The predicted molar refractivity (Wildman–Crippen MR) is 59.6 cm³/mol. The van der Waals surface area contributed by atoms with E-state index in [1.54, 1.807) is 0 Å². The van der Waals surface area contributed by atoms with E-state index in [-0.39, 0.29) is 12.5 Å². The highest BCUT2D eigenvalue weighted by atomic mass is 16.3. The summed E-state index contributed by atoms with van der Waals surface area (Å²) < 4.78 is 0. The summed E-state index contributed by atoms with van der Waals surface area (Å²) >= 11 is 0. The van der Waals surface area contributed by atoms with E-state index in [4.69, 9.17) is 5.11 Å². The van der Waals surface area contributed by atoms with E-state index in [1.165, 1.54) is 0 Å². The molecule has 0 radical (unpaired) electrons. The van der Waals surface area contributed by atoms with E-state index in [1.807, 2.05) is 19.1 Å². The van der Waals surface area contributed by atoms with E-state index in [0.29, 0.717) is 12.0 Å². The Bertz CT molecular complexity index is 449. The summed E-state index contributed by atoms with van der Waals surface area (Å²) in [4.78, 5) is 11.2. The molecule has 2 rings (SSSR count). The number of aryl methyl sites for hydroxylation is 1. The molecule has 0 saturated heterocycles. The second-order valence-electron chi connectivity index (χ2n) is 3.81. The van der Waals surface area contributed by atoms with Crippen LogP contribution in [0.4, 0.5) is 5.69 Å². The van der Waals surface area contributed by atoms with E-state index in [0.717, 1.165) is 22.4 Å². The number of aliphatic hydroxyl groups excluding tert-OH is 1. The zero-order valence-corrected chi connectivity index (χ0v) is 8.63. The van der Waals surface area contributed by atoms with E-state index in [9.17, 15) is 4.79 Å². The van der Waals surface area contributed by atoms with Gasteiger partial charge in [0.05, 0.1) is 13.0 Å². The smallest absolute Gasteiger partial charge is 0.228 e. The normalized spacial score (nSPS) is 13.6. The molecule has 3 heteroatoms. The molecule has 1 aromatic rings. The largest absolute Gasteiger partial charge is 0.392 e. The molecule has 2 N–H and O–H groups in total.